The Bertz CT molecular complexity index is 570. The summed E-state index contributed by atoms with van der Waals surface area (Å²) in [6.07, 6.45) is 3.74. The van der Waals surface area contributed by atoms with Gasteiger partial charge in [-0.15, -0.1) is 0 Å². The molecule has 0 amide bonds. The predicted molar refractivity (Wildman–Crippen MR) is 85.6 cm³/mol. The molecule has 22 heavy (non-hydrogen) atoms. The minimum atomic E-state index is 0.212. The fourth-order valence-electron chi connectivity index (χ4n) is 3.88. The molecule has 2 heterocycles. The summed E-state index contributed by atoms with van der Waals surface area (Å²) in [5.41, 5.74) is 2.54. The maximum Gasteiger partial charge on any atom is 0.161 e. The number of fused-ring (bicyclic) bond motifs is 3. The van der Waals surface area contributed by atoms with Crippen molar-refractivity contribution in [3.63, 3.8) is 0 Å². The van der Waals surface area contributed by atoms with Crippen molar-refractivity contribution in [3.8, 4) is 11.5 Å². The predicted octanol–water partition coefficient (Wildman–Crippen LogP) is 2.99. The van der Waals surface area contributed by atoms with E-state index in [0.717, 1.165) is 43.9 Å². The molecule has 1 fully saturated rings. The second-order valence-electron chi connectivity index (χ2n) is 6.32. The Morgan fingerprint density at radius 2 is 1.95 bits per heavy atom. The quantitative estimate of drug-likeness (QED) is 0.857. The average Bonchev–Trinajstić information content (AvgIpc) is 2.54. The summed E-state index contributed by atoms with van der Waals surface area (Å²) >= 11 is 0. The maximum atomic E-state index is 12.4. The Morgan fingerprint density at radius 3 is 2.64 bits per heavy atom. The molecule has 0 aromatic heterocycles. The summed E-state index contributed by atoms with van der Waals surface area (Å²) in [5, 5.41) is 0. The normalized spacial score (nSPS) is 24.6. The Morgan fingerprint density at radius 1 is 1.23 bits per heavy atom. The third-order valence-electron chi connectivity index (χ3n) is 5.06. The molecule has 1 aromatic rings. The first-order valence-electron chi connectivity index (χ1n) is 8.19. The van der Waals surface area contributed by atoms with E-state index in [9.17, 15) is 4.79 Å². The number of rotatable bonds is 4. The van der Waals surface area contributed by atoms with Gasteiger partial charge in [-0.25, -0.2) is 0 Å². The zero-order valence-corrected chi connectivity index (χ0v) is 13.7. The average molecular weight is 303 g/mol. The van der Waals surface area contributed by atoms with Crippen LogP contribution in [0.15, 0.2) is 12.1 Å². The summed E-state index contributed by atoms with van der Waals surface area (Å²) in [6, 6.07) is 4.36. The zero-order valence-electron chi connectivity index (χ0n) is 13.7. The number of methoxy groups -OCH3 is 2. The summed E-state index contributed by atoms with van der Waals surface area (Å²) in [4.78, 5) is 14.9. The minimum absolute atomic E-state index is 0.212. The number of ether oxygens (including phenoxy) is 2. The van der Waals surface area contributed by atoms with Crippen molar-refractivity contribution in [2.75, 3.05) is 27.3 Å². The monoisotopic (exact) mass is 303 g/mol. The molecule has 0 unspecified atom stereocenters. The van der Waals surface area contributed by atoms with Crippen LogP contribution in [0.2, 0.25) is 0 Å². The molecule has 4 nitrogen and oxygen atoms in total. The van der Waals surface area contributed by atoms with Gasteiger partial charge in [0.05, 0.1) is 14.2 Å². The van der Waals surface area contributed by atoms with Crippen molar-refractivity contribution in [2.24, 2.45) is 5.92 Å². The number of nitrogens with zero attached hydrogens (tertiary/aromatic N) is 1. The lowest BCUT2D eigenvalue weighted by atomic mass is 9.81. The molecule has 0 aliphatic carbocycles. The molecule has 0 spiro atoms. The maximum absolute atomic E-state index is 12.4. The standard InChI is InChI=1S/C18H25NO3/c1-4-5-13-11-19-7-6-12-8-17(21-2)18(22-3)9-14(12)15(19)10-16(13)20/h8-9,13,15H,4-7,10-11H2,1-3H3/t13-,15-/m0/s1. The van der Waals surface area contributed by atoms with Crippen LogP contribution in [0.4, 0.5) is 0 Å². The van der Waals surface area contributed by atoms with Gasteiger partial charge in [-0.1, -0.05) is 13.3 Å². The molecule has 2 atom stereocenters. The van der Waals surface area contributed by atoms with Gasteiger partial charge in [0, 0.05) is 31.5 Å². The van der Waals surface area contributed by atoms with Crippen LogP contribution in [0.5, 0.6) is 11.5 Å². The first kappa shape index (κ1) is 15.3. The van der Waals surface area contributed by atoms with Gasteiger partial charge >= 0.3 is 0 Å². The molecule has 0 saturated carbocycles. The molecule has 2 aliphatic heterocycles. The van der Waals surface area contributed by atoms with Crippen LogP contribution in [0.3, 0.4) is 0 Å². The van der Waals surface area contributed by atoms with Crippen LogP contribution >= 0.6 is 0 Å². The molecule has 1 saturated heterocycles. The summed E-state index contributed by atoms with van der Waals surface area (Å²) in [7, 11) is 3.33. The van der Waals surface area contributed by atoms with Crippen LogP contribution in [0.25, 0.3) is 0 Å². The molecule has 1 aromatic carbocycles. The third kappa shape index (κ3) is 2.60. The number of Topliss-reactive ketones (excluding diaryl/α,β-unsaturated/α-hetero) is 1. The second kappa shape index (κ2) is 6.29. The number of carbonyl (C=O) groups excluding carboxylic acids is 1. The first-order valence-corrected chi connectivity index (χ1v) is 8.19. The summed E-state index contributed by atoms with van der Waals surface area (Å²) < 4.78 is 10.8. The van der Waals surface area contributed by atoms with E-state index in [2.05, 4.69) is 24.0 Å². The fraction of sp³-hybridized carbons (Fsp3) is 0.611. The summed E-state index contributed by atoms with van der Waals surface area (Å²) in [6.45, 7) is 4.09. The third-order valence-corrected chi connectivity index (χ3v) is 5.06. The van der Waals surface area contributed by atoms with Gasteiger partial charge in [0.1, 0.15) is 5.78 Å². The van der Waals surface area contributed by atoms with E-state index < -0.39 is 0 Å². The zero-order chi connectivity index (χ0) is 15.7. The second-order valence-corrected chi connectivity index (χ2v) is 6.32. The highest BCUT2D eigenvalue weighted by Gasteiger charge is 2.37. The highest BCUT2D eigenvalue weighted by atomic mass is 16.5. The van der Waals surface area contributed by atoms with Gasteiger partial charge in [-0.2, -0.15) is 0 Å². The van der Waals surface area contributed by atoms with Crippen molar-refractivity contribution >= 4 is 5.78 Å². The van der Waals surface area contributed by atoms with Gasteiger partial charge in [0.25, 0.3) is 0 Å². The molecule has 2 aliphatic rings. The van der Waals surface area contributed by atoms with Crippen LogP contribution in [-0.2, 0) is 11.2 Å². The molecule has 120 valence electrons. The van der Waals surface area contributed by atoms with Crippen molar-refractivity contribution < 1.29 is 14.3 Å². The van der Waals surface area contributed by atoms with E-state index in [1.165, 1.54) is 11.1 Å². The Balaban J connectivity index is 1.92. The number of carbonyl (C=O) groups is 1. The van der Waals surface area contributed by atoms with E-state index in [-0.39, 0.29) is 12.0 Å². The largest absolute Gasteiger partial charge is 0.493 e. The number of ketones is 1. The van der Waals surface area contributed by atoms with Gasteiger partial charge in [-0.05, 0) is 36.1 Å². The molecular weight excluding hydrogens is 278 g/mol. The first-order chi connectivity index (χ1) is 10.7. The number of piperidine rings is 1. The van der Waals surface area contributed by atoms with Crippen LogP contribution < -0.4 is 9.47 Å². The van der Waals surface area contributed by atoms with Gasteiger partial charge in [0.15, 0.2) is 11.5 Å². The van der Waals surface area contributed by atoms with Crippen LogP contribution in [0, 0.1) is 5.92 Å². The van der Waals surface area contributed by atoms with E-state index >= 15 is 0 Å². The fourth-order valence-corrected chi connectivity index (χ4v) is 3.88. The molecule has 3 rings (SSSR count). The molecule has 0 N–H and O–H groups in total. The lowest BCUT2D eigenvalue weighted by Crippen LogP contribution is -2.46. The number of benzene rings is 1. The lowest BCUT2D eigenvalue weighted by molar-refractivity contribution is -0.129. The molecule has 4 heteroatoms. The topological polar surface area (TPSA) is 38.8 Å². The lowest BCUT2D eigenvalue weighted by Gasteiger charge is -2.43. The van der Waals surface area contributed by atoms with Gasteiger partial charge < -0.3 is 9.47 Å². The van der Waals surface area contributed by atoms with Crippen molar-refractivity contribution in [2.45, 2.75) is 38.6 Å². The Hall–Kier alpha value is -1.55. The Labute approximate surface area is 132 Å². The van der Waals surface area contributed by atoms with E-state index in [4.69, 9.17) is 9.47 Å². The van der Waals surface area contributed by atoms with Gasteiger partial charge in [-0.3, -0.25) is 9.69 Å². The van der Waals surface area contributed by atoms with E-state index in [1.807, 2.05) is 0 Å². The Kier molecular flexibility index (Phi) is 4.39. The highest BCUT2D eigenvalue weighted by molar-refractivity contribution is 5.83. The number of hydrogen-bond donors (Lipinski definition) is 0. The number of hydrogen-bond acceptors (Lipinski definition) is 4. The minimum Gasteiger partial charge on any atom is -0.493 e. The highest BCUT2D eigenvalue weighted by Crippen LogP contribution is 2.42. The van der Waals surface area contributed by atoms with Gasteiger partial charge in [0.2, 0.25) is 0 Å². The smallest absolute Gasteiger partial charge is 0.161 e. The molecular formula is C18H25NO3. The van der Waals surface area contributed by atoms with Crippen molar-refractivity contribution in [1.29, 1.82) is 0 Å². The van der Waals surface area contributed by atoms with Crippen molar-refractivity contribution in [3.05, 3.63) is 23.3 Å². The van der Waals surface area contributed by atoms with Crippen molar-refractivity contribution in [1.82, 2.24) is 4.90 Å². The molecule has 0 radical (unpaired) electrons. The van der Waals surface area contributed by atoms with E-state index in [0.29, 0.717) is 12.2 Å². The van der Waals surface area contributed by atoms with Crippen LogP contribution in [0.1, 0.15) is 43.4 Å². The van der Waals surface area contributed by atoms with E-state index in [1.54, 1.807) is 14.2 Å². The SMILES string of the molecule is CCC[C@H]1CN2CCc3cc(OC)c(OC)cc3[C@@H]2CC1=O. The van der Waals surface area contributed by atoms with Crippen LogP contribution in [-0.4, -0.2) is 38.0 Å². The summed E-state index contributed by atoms with van der Waals surface area (Å²) in [5.74, 6) is 2.18. The molecule has 0 bridgehead atoms.